The summed E-state index contributed by atoms with van der Waals surface area (Å²) in [5, 5.41) is 6.38. The van der Waals surface area contributed by atoms with Gasteiger partial charge < -0.3 is 19.8 Å². The molecule has 1 atom stereocenters. The first-order valence-electron chi connectivity index (χ1n) is 8.66. The van der Waals surface area contributed by atoms with Gasteiger partial charge in [-0.25, -0.2) is 4.79 Å². The molecule has 7 nitrogen and oxygen atoms in total. The molecule has 0 aliphatic heterocycles. The molecule has 0 fully saturated rings. The highest BCUT2D eigenvalue weighted by Gasteiger charge is 2.23. The van der Waals surface area contributed by atoms with Crippen molar-refractivity contribution in [3.05, 3.63) is 68.9 Å². The summed E-state index contributed by atoms with van der Waals surface area (Å²) >= 11 is 12.9. The highest BCUT2D eigenvalue weighted by atomic mass is 35.5. The highest BCUT2D eigenvalue weighted by molar-refractivity contribution is 7.18. The fourth-order valence-corrected chi connectivity index (χ4v) is 3.83. The topological polar surface area (TPSA) is 97.6 Å². The van der Waals surface area contributed by atoms with Crippen LogP contribution in [0.5, 0.6) is 0 Å². The fraction of sp³-hybridized carbons (Fsp3) is 0.150. The number of carbonyl (C=O) groups excluding carboxylic acids is 3. The molecule has 1 aromatic carbocycles. The van der Waals surface area contributed by atoms with Gasteiger partial charge in [0.25, 0.3) is 11.8 Å². The Morgan fingerprint density at radius 3 is 2.57 bits per heavy atom. The fourth-order valence-electron chi connectivity index (χ4n) is 2.42. The van der Waals surface area contributed by atoms with E-state index in [-0.39, 0.29) is 15.7 Å². The molecule has 0 saturated carbocycles. The maximum atomic E-state index is 12.5. The van der Waals surface area contributed by atoms with Crippen LogP contribution in [0.25, 0.3) is 0 Å². The van der Waals surface area contributed by atoms with Crippen molar-refractivity contribution in [1.29, 1.82) is 0 Å². The number of anilines is 2. The molecule has 0 aliphatic rings. The number of benzene rings is 1. The third kappa shape index (κ3) is 5.21. The molecule has 156 valence electrons. The third-order valence-corrected chi connectivity index (χ3v) is 5.61. The van der Waals surface area contributed by atoms with Crippen molar-refractivity contribution in [1.82, 2.24) is 0 Å². The molecule has 2 heterocycles. The summed E-state index contributed by atoms with van der Waals surface area (Å²) in [5.41, 5.74) is 0.956. The SMILES string of the molecule is Cc1cc(NC(=O)c2ccco2)sc1C(=O)OC(C)C(=O)Nc1ccc(Cl)cc1Cl. The number of amides is 2. The molecule has 2 aromatic heterocycles. The molecule has 1 unspecified atom stereocenters. The van der Waals surface area contributed by atoms with Crippen LogP contribution in [0.2, 0.25) is 10.0 Å². The number of hydrogen-bond acceptors (Lipinski definition) is 6. The number of carbonyl (C=O) groups is 3. The number of nitrogens with one attached hydrogen (secondary N) is 2. The van der Waals surface area contributed by atoms with Gasteiger partial charge in [0.05, 0.1) is 22.0 Å². The van der Waals surface area contributed by atoms with Gasteiger partial charge >= 0.3 is 5.97 Å². The van der Waals surface area contributed by atoms with E-state index in [1.54, 1.807) is 31.2 Å². The van der Waals surface area contributed by atoms with Crippen molar-refractivity contribution < 1.29 is 23.5 Å². The molecular formula is C20H16Cl2N2O5S. The lowest BCUT2D eigenvalue weighted by Gasteiger charge is -2.14. The monoisotopic (exact) mass is 466 g/mol. The second kappa shape index (κ2) is 9.34. The van der Waals surface area contributed by atoms with Crippen LogP contribution < -0.4 is 10.6 Å². The van der Waals surface area contributed by atoms with Crippen LogP contribution in [-0.4, -0.2) is 23.9 Å². The molecule has 0 bridgehead atoms. The summed E-state index contributed by atoms with van der Waals surface area (Å²) in [6, 6.07) is 9.38. The van der Waals surface area contributed by atoms with Gasteiger partial charge in [-0.05, 0) is 55.8 Å². The van der Waals surface area contributed by atoms with Gasteiger partial charge in [0.2, 0.25) is 0 Å². The molecule has 10 heteroatoms. The molecule has 2 N–H and O–H groups in total. The van der Waals surface area contributed by atoms with Gasteiger partial charge in [-0.1, -0.05) is 23.2 Å². The van der Waals surface area contributed by atoms with Gasteiger partial charge in [0.15, 0.2) is 11.9 Å². The summed E-state index contributed by atoms with van der Waals surface area (Å²) in [6.07, 6.45) is 0.313. The number of furan rings is 1. The van der Waals surface area contributed by atoms with E-state index >= 15 is 0 Å². The maximum Gasteiger partial charge on any atom is 0.349 e. The minimum atomic E-state index is -1.08. The molecule has 0 saturated heterocycles. The maximum absolute atomic E-state index is 12.5. The first-order chi connectivity index (χ1) is 14.2. The number of thiophene rings is 1. The van der Waals surface area contributed by atoms with Crippen LogP contribution in [0.4, 0.5) is 10.7 Å². The Hall–Kier alpha value is -2.81. The lowest BCUT2D eigenvalue weighted by Crippen LogP contribution is -2.30. The molecule has 30 heavy (non-hydrogen) atoms. The molecule has 0 radical (unpaired) electrons. The highest BCUT2D eigenvalue weighted by Crippen LogP contribution is 2.29. The predicted molar refractivity (Wildman–Crippen MR) is 116 cm³/mol. The number of rotatable bonds is 6. The summed E-state index contributed by atoms with van der Waals surface area (Å²) in [6.45, 7) is 3.15. The normalized spacial score (nSPS) is 11.6. The molecule has 2 amide bonds. The van der Waals surface area contributed by atoms with Crippen molar-refractivity contribution in [2.45, 2.75) is 20.0 Å². The van der Waals surface area contributed by atoms with E-state index < -0.39 is 23.9 Å². The third-order valence-electron chi connectivity index (χ3n) is 3.93. The van der Waals surface area contributed by atoms with E-state index in [9.17, 15) is 14.4 Å². The first kappa shape index (κ1) is 21.9. The van der Waals surface area contributed by atoms with Crippen molar-refractivity contribution in [3.63, 3.8) is 0 Å². The standard InChI is InChI=1S/C20H16Cl2N2O5S/c1-10-8-16(24-19(26)15-4-3-7-28-15)30-17(10)20(27)29-11(2)18(25)23-14-6-5-12(21)9-13(14)22/h3-9,11H,1-2H3,(H,23,25)(H,24,26). The average Bonchev–Trinajstić information content (AvgIpc) is 3.33. The van der Waals surface area contributed by atoms with Crippen LogP contribution in [0, 0.1) is 6.92 Å². The molecule has 0 aliphatic carbocycles. The quantitative estimate of drug-likeness (QED) is 0.474. The lowest BCUT2D eigenvalue weighted by atomic mass is 10.2. The Kier molecular flexibility index (Phi) is 6.81. The van der Waals surface area contributed by atoms with E-state index in [1.807, 2.05) is 0 Å². The van der Waals surface area contributed by atoms with Gasteiger partial charge in [0.1, 0.15) is 4.88 Å². The number of esters is 1. The number of aryl methyl sites for hydroxylation is 1. The summed E-state index contributed by atoms with van der Waals surface area (Å²) < 4.78 is 10.3. The van der Waals surface area contributed by atoms with E-state index in [0.717, 1.165) is 11.3 Å². The van der Waals surface area contributed by atoms with Gasteiger partial charge in [-0.3, -0.25) is 9.59 Å². The predicted octanol–water partition coefficient (Wildman–Crippen LogP) is 5.39. The zero-order valence-electron chi connectivity index (χ0n) is 15.8. The van der Waals surface area contributed by atoms with Crippen LogP contribution in [0.1, 0.15) is 32.7 Å². The van der Waals surface area contributed by atoms with E-state index in [1.165, 1.54) is 25.3 Å². The minimum Gasteiger partial charge on any atom is -0.459 e. The zero-order valence-corrected chi connectivity index (χ0v) is 18.2. The smallest absolute Gasteiger partial charge is 0.349 e. The Morgan fingerprint density at radius 2 is 1.90 bits per heavy atom. The molecular weight excluding hydrogens is 451 g/mol. The van der Waals surface area contributed by atoms with Crippen LogP contribution in [0.3, 0.4) is 0 Å². The summed E-state index contributed by atoms with van der Waals surface area (Å²) in [5.74, 6) is -1.51. The number of ether oxygens (including phenoxy) is 1. The summed E-state index contributed by atoms with van der Waals surface area (Å²) in [7, 11) is 0. The van der Waals surface area contributed by atoms with Crippen LogP contribution in [-0.2, 0) is 9.53 Å². The van der Waals surface area contributed by atoms with Crippen molar-refractivity contribution in [2.75, 3.05) is 10.6 Å². The van der Waals surface area contributed by atoms with Gasteiger partial charge in [-0.15, -0.1) is 11.3 Å². The van der Waals surface area contributed by atoms with Crippen LogP contribution >= 0.6 is 34.5 Å². The minimum absolute atomic E-state index is 0.149. The van der Waals surface area contributed by atoms with Gasteiger partial charge in [-0.2, -0.15) is 0 Å². The first-order valence-corrected chi connectivity index (χ1v) is 10.2. The Labute approximate surface area is 185 Å². The molecule has 0 spiro atoms. The van der Waals surface area contributed by atoms with E-state index in [2.05, 4.69) is 10.6 Å². The average molecular weight is 467 g/mol. The second-order valence-corrected chi connectivity index (χ2v) is 8.11. The second-order valence-electron chi connectivity index (χ2n) is 6.22. The molecule has 3 aromatic rings. The zero-order chi connectivity index (χ0) is 21.8. The Morgan fingerprint density at radius 1 is 1.13 bits per heavy atom. The molecule has 3 rings (SSSR count). The number of halogens is 2. The van der Waals surface area contributed by atoms with Crippen molar-refractivity contribution >= 4 is 63.0 Å². The Balaban J connectivity index is 1.62. The van der Waals surface area contributed by atoms with E-state index in [0.29, 0.717) is 21.3 Å². The number of hydrogen-bond donors (Lipinski definition) is 2. The Bertz CT molecular complexity index is 1090. The van der Waals surface area contributed by atoms with Crippen LogP contribution in [0.15, 0.2) is 47.1 Å². The lowest BCUT2D eigenvalue weighted by molar-refractivity contribution is -0.123. The van der Waals surface area contributed by atoms with E-state index in [4.69, 9.17) is 32.4 Å². The van der Waals surface area contributed by atoms with Crippen molar-refractivity contribution in [2.24, 2.45) is 0 Å². The van der Waals surface area contributed by atoms with Crippen molar-refractivity contribution in [3.8, 4) is 0 Å². The largest absolute Gasteiger partial charge is 0.459 e. The summed E-state index contributed by atoms with van der Waals surface area (Å²) in [4.78, 5) is 37.2. The van der Waals surface area contributed by atoms with Gasteiger partial charge in [0, 0.05) is 5.02 Å².